The number of benzene rings is 2. The Morgan fingerprint density at radius 3 is 2.47 bits per heavy atom. The summed E-state index contributed by atoms with van der Waals surface area (Å²) in [4.78, 5) is 42.0. The molecule has 0 fully saturated rings. The highest BCUT2D eigenvalue weighted by Crippen LogP contribution is 2.20. The number of halogens is 1. The van der Waals surface area contributed by atoms with E-state index in [0.717, 1.165) is 17.5 Å². The number of nitrogen functional groups attached to an aromatic ring is 1. The van der Waals surface area contributed by atoms with Gasteiger partial charge in [-0.1, -0.05) is 55.8 Å². The van der Waals surface area contributed by atoms with Gasteiger partial charge in [-0.25, -0.2) is 9.18 Å². The molecule has 1 aromatic heterocycles. The summed E-state index contributed by atoms with van der Waals surface area (Å²) in [5, 5.41) is 2.88. The summed E-state index contributed by atoms with van der Waals surface area (Å²) in [7, 11) is 0. The van der Waals surface area contributed by atoms with Gasteiger partial charge >= 0.3 is 5.69 Å². The van der Waals surface area contributed by atoms with Crippen molar-refractivity contribution in [3.05, 3.63) is 92.4 Å². The van der Waals surface area contributed by atoms with Gasteiger partial charge in [0.15, 0.2) is 0 Å². The average Bonchev–Trinajstić information content (AvgIpc) is 2.79. The lowest BCUT2D eigenvalue weighted by molar-refractivity contribution is -0.120. The highest BCUT2D eigenvalue weighted by Gasteiger charge is 2.22. The van der Waals surface area contributed by atoms with Crippen molar-refractivity contribution in [3.8, 4) is 0 Å². The van der Waals surface area contributed by atoms with E-state index in [4.69, 9.17) is 5.73 Å². The van der Waals surface area contributed by atoms with E-state index in [2.05, 4.69) is 10.3 Å². The normalized spacial score (nSPS) is 11.7. The van der Waals surface area contributed by atoms with Crippen molar-refractivity contribution in [2.45, 2.75) is 45.8 Å². The third kappa shape index (κ3) is 6.12. The Kier molecular flexibility index (Phi) is 8.24. The summed E-state index contributed by atoms with van der Waals surface area (Å²) < 4.78 is 14.6. The number of carbonyl (C=O) groups is 1. The fourth-order valence-electron chi connectivity index (χ4n) is 3.73. The van der Waals surface area contributed by atoms with Gasteiger partial charge in [0, 0.05) is 13.1 Å². The lowest BCUT2D eigenvalue weighted by Crippen LogP contribution is -2.43. The number of nitrogens with one attached hydrogen (secondary N) is 2. The van der Waals surface area contributed by atoms with Crippen LogP contribution in [0.4, 0.5) is 15.9 Å². The minimum absolute atomic E-state index is 0.0255. The van der Waals surface area contributed by atoms with Crippen LogP contribution in [0.3, 0.4) is 0 Å². The van der Waals surface area contributed by atoms with E-state index >= 15 is 0 Å². The van der Waals surface area contributed by atoms with Gasteiger partial charge in [-0.15, -0.1) is 0 Å². The van der Waals surface area contributed by atoms with Crippen molar-refractivity contribution in [1.29, 1.82) is 0 Å². The van der Waals surface area contributed by atoms with E-state index < -0.39 is 11.2 Å². The van der Waals surface area contributed by atoms with Crippen LogP contribution in [-0.4, -0.2) is 22.0 Å². The Balaban J connectivity index is 1.91. The topological polar surface area (TPSA) is 113 Å². The Morgan fingerprint density at radius 1 is 1.15 bits per heavy atom. The monoisotopic (exact) mass is 467 g/mol. The molecule has 0 aliphatic heterocycles. The Labute approximate surface area is 197 Å². The molecule has 0 aliphatic rings. The van der Waals surface area contributed by atoms with Crippen LogP contribution in [0.5, 0.6) is 0 Å². The molecule has 34 heavy (non-hydrogen) atoms. The fourth-order valence-corrected chi connectivity index (χ4v) is 3.73. The van der Waals surface area contributed by atoms with Gasteiger partial charge in [-0.2, -0.15) is 0 Å². The molecule has 4 N–H and O–H groups in total. The molecular formula is C25H30FN5O3. The van der Waals surface area contributed by atoms with E-state index in [9.17, 15) is 18.8 Å². The number of hydrogen-bond donors (Lipinski definition) is 3. The molecule has 8 nitrogen and oxygen atoms in total. The lowest BCUT2D eigenvalue weighted by Gasteiger charge is -2.26. The first-order valence-corrected chi connectivity index (χ1v) is 11.3. The molecule has 3 rings (SSSR count). The number of anilines is 2. The lowest BCUT2D eigenvalue weighted by atomic mass is 10.1. The summed E-state index contributed by atoms with van der Waals surface area (Å²) >= 11 is 0. The molecule has 0 aliphatic carbocycles. The minimum atomic E-state index is -0.648. The van der Waals surface area contributed by atoms with Crippen LogP contribution in [-0.2, 0) is 17.9 Å². The van der Waals surface area contributed by atoms with Crippen LogP contribution >= 0.6 is 0 Å². The maximum Gasteiger partial charge on any atom is 0.330 e. The molecule has 1 amide bonds. The zero-order valence-corrected chi connectivity index (χ0v) is 19.4. The SMILES string of the molecule is CCCCn1c(N)c(N(CC(=O)NC(C)c2ccc(F)cc2)Cc2ccccc2)c(=O)[nH]c1=O. The standard InChI is InChI=1S/C25H30FN5O3/c1-3-4-14-31-23(27)22(24(33)29-25(31)34)30(15-18-8-6-5-7-9-18)16-21(32)28-17(2)19-10-12-20(26)13-11-19/h5-13,17H,3-4,14-16,27H2,1-2H3,(H,28,32)(H,29,33,34). The number of carbonyl (C=O) groups excluding carboxylic acids is 1. The van der Waals surface area contributed by atoms with Crippen molar-refractivity contribution >= 4 is 17.4 Å². The zero-order chi connectivity index (χ0) is 24.7. The predicted octanol–water partition coefficient (Wildman–Crippen LogP) is 2.94. The quantitative estimate of drug-likeness (QED) is 0.424. The molecule has 1 unspecified atom stereocenters. The second-order valence-electron chi connectivity index (χ2n) is 8.18. The summed E-state index contributed by atoms with van der Waals surface area (Å²) in [5.41, 5.74) is 6.76. The smallest absolute Gasteiger partial charge is 0.330 e. The number of hydrogen-bond acceptors (Lipinski definition) is 5. The van der Waals surface area contributed by atoms with E-state index in [0.29, 0.717) is 13.0 Å². The maximum atomic E-state index is 13.2. The van der Waals surface area contributed by atoms with Gasteiger partial charge in [-0.05, 0) is 36.6 Å². The first kappa shape index (κ1) is 24.8. The van der Waals surface area contributed by atoms with Crippen molar-refractivity contribution in [3.63, 3.8) is 0 Å². The van der Waals surface area contributed by atoms with Crippen molar-refractivity contribution < 1.29 is 9.18 Å². The molecule has 0 saturated heterocycles. The molecule has 0 saturated carbocycles. The summed E-state index contributed by atoms with van der Waals surface area (Å²) in [6.45, 7) is 4.21. The molecule has 2 aromatic carbocycles. The number of rotatable bonds is 10. The first-order valence-electron chi connectivity index (χ1n) is 11.3. The fraction of sp³-hybridized carbons (Fsp3) is 0.320. The number of aromatic amines is 1. The third-order valence-electron chi connectivity index (χ3n) is 5.56. The summed E-state index contributed by atoms with van der Waals surface area (Å²) in [6.07, 6.45) is 1.56. The van der Waals surface area contributed by atoms with Crippen LogP contribution in [0, 0.1) is 5.82 Å². The minimum Gasteiger partial charge on any atom is -0.383 e. The largest absolute Gasteiger partial charge is 0.383 e. The van der Waals surface area contributed by atoms with Gasteiger partial charge in [0.1, 0.15) is 17.3 Å². The van der Waals surface area contributed by atoms with Crippen LogP contribution in [0.15, 0.2) is 64.2 Å². The Hall–Kier alpha value is -3.88. The first-order chi connectivity index (χ1) is 16.3. The molecule has 9 heteroatoms. The van der Waals surface area contributed by atoms with Crippen molar-refractivity contribution in [2.24, 2.45) is 0 Å². The number of nitrogens with zero attached hydrogens (tertiary/aromatic N) is 2. The molecular weight excluding hydrogens is 437 g/mol. The highest BCUT2D eigenvalue weighted by molar-refractivity contribution is 5.82. The van der Waals surface area contributed by atoms with Gasteiger partial charge in [-0.3, -0.25) is 19.1 Å². The molecule has 0 bridgehead atoms. The number of unbranched alkanes of at least 4 members (excludes halogenated alkanes) is 1. The second kappa shape index (κ2) is 11.3. The Bertz CT molecular complexity index is 1220. The van der Waals surface area contributed by atoms with Crippen molar-refractivity contribution in [2.75, 3.05) is 17.2 Å². The number of amides is 1. The maximum absolute atomic E-state index is 13.2. The number of H-pyrrole nitrogens is 1. The van der Waals surface area contributed by atoms with E-state index in [1.54, 1.807) is 24.0 Å². The van der Waals surface area contributed by atoms with E-state index in [1.165, 1.54) is 16.7 Å². The van der Waals surface area contributed by atoms with Gasteiger partial charge < -0.3 is 16.0 Å². The van der Waals surface area contributed by atoms with Gasteiger partial charge in [0.05, 0.1) is 12.6 Å². The number of aromatic nitrogens is 2. The highest BCUT2D eigenvalue weighted by atomic mass is 19.1. The van der Waals surface area contributed by atoms with Crippen LogP contribution in [0.1, 0.15) is 43.9 Å². The van der Waals surface area contributed by atoms with Gasteiger partial charge in [0.2, 0.25) is 5.91 Å². The molecule has 180 valence electrons. The van der Waals surface area contributed by atoms with Crippen molar-refractivity contribution in [1.82, 2.24) is 14.9 Å². The average molecular weight is 468 g/mol. The second-order valence-corrected chi connectivity index (χ2v) is 8.18. The molecule has 1 atom stereocenters. The van der Waals surface area contributed by atoms with Crippen LogP contribution in [0.25, 0.3) is 0 Å². The molecule has 1 heterocycles. The van der Waals surface area contributed by atoms with Crippen LogP contribution < -0.4 is 27.2 Å². The number of nitrogens with two attached hydrogens (primary N) is 1. The van der Waals surface area contributed by atoms with E-state index in [-0.39, 0.29) is 42.4 Å². The predicted molar refractivity (Wildman–Crippen MR) is 131 cm³/mol. The Morgan fingerprint density at radius 2 is 1.82 bits per heavy atom. The summed E-state index contributed by atoms with van der Waals surface area (Å²) in [5.74, 6) is -0.681. The molecule has 0 spiro atoms. The van der Waals surface area contributed by atoms with E-state index in [1.807, 2.05) is 37.3 Å². The zero-order valence-electron chi connectivity index (χ0n) is 19.4. The van der Waals surface area contributed by atoms with Crippen LogP contribution in [0.2, 0.25) is 0 Å². The molecule has 3 aromatic rings. The van der Waals surface area contributed by atoms with Gasteiger partial charge in [0.25, 0.3) is 5.56 Å². The third-order valence-corrected chi connectivity index (χ3v) is 5.56. The molecule has 0 radical (unpaired) electrons. The summed E-state index contributed by atoms with van der Waals surface area (Å²) in [6, 6.07) is 14.9.